The number of aliphatic hydroxyl groups is 2. The first-order valence-electron chi connectivity index (χ1n) is 22.5. The Bertz CT molecular complexity index is 2690. The van der Waals surface area contributed by atoms with Crippen molar-refractivity contribution in [1.82, 2.24) is 15.2 Å². The van der Waals surface area contributed by atoms with Gasteiger partial charge in [-0.3, -0.25) is 19.3 Å². The summed E-state index contributed by atoms with van der Waals surface area (Å²) in [6.07, 6.45) is 3.65. The lowest BCUT2D eigenvalue weighted by atomic mass is 9.76. The number of Topliss-reactive ketones (excluding diaryl/α,β-unsaturated/α-hetero) is 1. The summed E-state index contributed by atoms with van der Waals surface area (Å²) in [6.45, 7) is 2.85. The van der Waals surface area contributed by atoms with E-state index in [0.717, 1.165) is 32.5 Å². The van der Waals surface area contributed by atoms with Crippen LogP contribution in [-0.4, -0.2) is 73.7 Å². The van der Waals surface area contributed by atoms with E-state index in [0.29, 0.717) is 65.3 Å². The lowest BCUT2D eigenvalue weighted by molar-refractivity contribution is -0.164. The number of H-pyrrole nitrogens is 1. The highest BCUT2D eigenvalue weighted by Gasteiger charge is 2.43. The number of piperidine rings is 1. The maximum Gasteiger partial charge on any atom is 0.347 e. The number of benzene rings is 5. The second-order valence-electron chi connectivity index (χ2n) is 17.6. The maximum atomic E-state index is 13.9. The zero-order chi connectivity index (χ0) is 45.5. The van der Waals surface area contributed by atoms with Crippen molar-refractivity contribution in [3.05, 3.63) is 177 Å². The SMILES string of the molecule is O=C(CC1CC(NC(=O)c2ccc(CCC[C@H](O)c3ccc(O)c4[nH]c(=O)ccc34)c(O)c2)C1)c1cccc([C@](O)(C(=O)OCC2CCN(Cc3ccccc3)CC2)c2ccccc2)c1. The van der Waals surface area contributed by atoms with Crippen LogP contribution in [0.15, 0.2) is 132 Å². The van der Waals surface area contributed by atoms with Gasteiger partial charge in [-0.15, -0.1) is 0 Å². The van der Waals surface area contributed by atoms with E-state index in [4.69, 9.17) is 4.74 Å². The maximum absolute atomic E-state index is 13.9. The Morgan fingerprint density at radius 3 is 2.25 bits per heavy atom. The lowest BCUT2D eigenvalue weighted by Gasteiger charge is -2.35. The van der Waals surface area contributed by atoms with Crippen LogP contribution >= 0.6 is 0 Å². The fourth-order valence-corrected chi connectivity index (χ4v) is 9.23. The van der Waals surface area contributed by atoms with Gasteiger partial charge in [-0.2, -0.15) is 0 Å². The first-order chi connectivity index (χ1) is 31.4. The minimum Gasteiger partial charge on any atom is -0.508 e. The van der Waals surface area contributed by atoms with Gasteiger partial charge in [0.1, 0.15) is 11.5 Å². The minimum atomic E-state index is -2.12. The van der Waals surface area contributed by atoms with E-state index in [1.165, 1.54) is 23.8 Å². The highest BCUT2D eigenvalue weighted by Crippen LogP contribution is 2.36. The molecule has 2 atom stereocenters. The molecule has 65 heavy (non-hydrogen) atoms. The summed E-state index contributed by atoms with van der Waals surface area (Å²) in [5, 5.41) is 47.6. The van der Waals surface area contributed by atoms with Crippen LogP contribution in [-0.2, 0) is 28.1 Å². The molecule has 1 aliphatic heterocycles. The predicted octanol–water partition coefficient (Wildman–Crippen LogP) is 7.47. The highest BCUT2D eigenvalue weighted by molar-refractivity contribution is 5.97. The number of carbonyl (C=O) groups excluding carboxylic acids is 3. The zero-order valence-corrected chi connectivity index (χ0v) is 36.2. The number of hydrogen-bond donors (Lipinski definition) is 6. The number of fused-ring (bicyclic) bond motifs is 1. The third-order valence-corrected chi connectivity index (χ3v) is 13.1. The first-order valence-corrected chi connectivity index (χ1v) is 22.5. The molecule has 2 aliphatic rings. The summed E-state index contributed by atoms with van der Waals surface area (Å²) in [7, 11) is 0. The van der Waals surface area contributed by atoms with Crippen molar-refractivity contribution in [3.8, 4) is 11.5 Å². The van der Waals surface area contributed by atoms with Gasteiger partial charge < -0.3 is 35.5 Å². The number of ketones is 1. The Hall–Kier alpha value is -6.60. The van der Waals surface area contributed by atoms with Crippen LogP contribution < -0.4 is 10.9 Å². The highest BCUT2D eigenvalue weighted by atomic mass is 16.5. The molecule has 0 spiro atoms. The normalized spacial score (nSPS) is 18.0. The van der Waals surface area contributed by atoms with Crippen molar-refractivity contribution in [2.24, 2.45) is 11.8 Å². The van der Waals surface area contributed by atoms with Crippen LogP contribution in [0.3, 0.4) is 0 Å². The molecule has 0 bridgehead atoms. The van der Waals surface area contributed by atoms with Gasteiger partial charge >= 0.3 is 5.97 Å². The van der Waals surface area contributed by atoms with Crippen LogP contribution in [0.25, 0.3) is 10.9 Å². The summed E-state index contributed by atoms with van der Waals surface area (Å²) < 4.78 is 5.88. The van der Waals surface area contributed by atoms with E-state index in [9.17, 15) is 39.6 Å². The van der Waals surface area contributed by atoms with Gasteiger partial charge in [-0.05, 0) is 122 Å². The van der Waals surface area contributed by atoms with E-state index < -0.39 is 17.7 Å². The van der Waals surface area contributed by atoms with E-state index in [2.05, 4.69) is 27.3 Å². The molecule has 6 aromatic rings. The number of nitrogens with zero attached hydrogens (tertiary/aromatic N) is 1. The Balaban J connectivity index is 0.811. The molecule has 6 N–H and O–H groups in total. The number of aliphatic hydroxyl groups excluding tert-OH is 1. The summed E-state index contributed by atoms with van der Waals surface area (Å²) >= 11 is 0. The number of rotatable bonds is 17. The third-order valence-electron chi connectivity index (χ3n) is 13.1. The molecule has 0 radical (unpaired) electrons. The molecule has 12 nitrogen and oxygen atoms in total. The predicted molar refractivity (Wildman–Crippen MR) is 246 cm³/mol. The molecule has 1 saturated carbocycles. The fraction of sp³-hybridized carbons (Fsp3) is 0.321. The number of esters is 1. The van der Waals surface area contributed by atoms with Gasteiger partial charge in [0.05, 0.1) is 18.2 Å². The largest absolute Gasteiger partial charge is 0.508 e. The number of aryl methyl sites for hydroxylation is 1. The average molecular weight is 878 g/mol. The molecule has 1 amide bonds. The number of phenols is 2. The van der Waals surface area contributed by atoms with Gasteiger partial charge in [0.2, 0.25) is 11.2 Å². The number of likely N-dealkylation sites (tertiary alicyclic amines) is 1. The number of hydrogen-bond acceptors (Lipinski definition) is 10. The summed E-state index contributed by atoms with van der Waals surface area (Å²) in [5.41, 5.74) is 1.54. The molecule has 5 aromatic carbocycles. The Morgan fingerprint density at radius 2 is 1.51 bits per heavy atom. The standard InChI is InChI=1S/C53H55N3O9/c57-45(43-19-21-46(58)50-44(43)20-22-49(61)55-50)16-8-11-37-17-18-39(31-48(37)60)51(62)54-42-27-36(28-42)29-47(59)38-12-7-15-41(30-38)53(64,40-13-5-2-6-14-40)52(63)65-33-35-23-25-56(26-24-35)32-34-9-3-1-4-10-34/h1-7,9-10,12-15,17-22,30-31,35-36,42,45,57-58,60,64H,8,11,16,23-29,32-33H2,(H,54,62)(H,55,61)/t36?,42?,45-,53-/m0/s1. The Labute approximate surface area is 377 Å². The lowest BCUT2D eigenvalue weighted by Crippen LogP contribution is -2.44. The summed E-state index contributed by atoms with van der Waals surface area (Å²) in [4.78, 5) is 57.5. The van der Waals surface area contributed by atoms with Crippen LogP contribution in [0, 0.1) is 11.8 Å². The van der Waals surface area contributed by atoms with Crippen molar-refractivity contribution in [2.45, 2.75) is 75.7 Å². The van der Waals surface area contributed by atoms with Crippen LogP contribution in [0.4, 0.5) is 0 Å². The first kappa shape index (κ1) is 45.0. The molecular weight excluding hydrogens is 823 g/mol. The zero-order valence-electron chi connectivity index (χ0n) is 36.2. The monoisotopic (exact) mass is 877 g/mol. The molecule has 12 heteroatoms. The van der Waals surface area contributed by atoms with Crippen molar-refractivity contribution >= 4 is 28.6 Å². The molecule has 8 rings (SSSR count). The van der Waals surface area contributed by atoms with E-state index >= 15 is 0 Å². The number of ether oxygens (including phenoxy) is 1. The van der Waals surface area contributed by atoms with Gasteiger partial charge in [0.25, 0.3) is 5.91 Å². The number of amides is 1. The molecular formula is C53H55N3O9. The van der Waals surface area contributed by atoms with Gasteiger partial charge in [-0.25, -0.2) is 4.79 Å². The third kappa shape index (κ3) is 10.5. The molecule has 1 saturated heterocycles. The topological polar surface area (TPSA) is 189 Å². The average Bonchev–Trinajstić information content (AvgIpc) is 3.31. The number of pyridine rings is 1. The molecule has 1 aliphatic carbocycles. The smallest absolute Gasteiger partial charge is 0.347 e. The number of phenolic OH excluding ortho intramolecular Hbond substituents is 2. The number of aromatic hydroxyl groups is 2. The van der Waals surface area contributed by atoms with Crippen LogP contribution in [0.2, 0.25) is 0 Å². The molecule has 2 heterocycles. The Morgan fingerprint density at radius 1 is 0.785 bits per heavy atom. The minimum absolute atomic E-state index is 0.0260. The molecule has 2 fully saturated rings. The van der Waals surface area contributed by atoms with Gasteiger partial charge in [-0.1, -0.05) is 91.0 Å². The second kappa shape index (κ2) is 20.1. The van der Waals surface area contributed by atoms with Crippen LogP contribution in [0.1, 0.15) is 99.6 Å². The van der Waals surface area contributed by atoms with Crippen molar-refractivity contribution in [2.75, 3.05) is 19.7 Å². The number of aromatic nitrogens is 1. The van der Waals surface area contributed by atoms with Gasteiger partial charge in [0.15, 0.2) is 5.78 Å². The van der Waals surface area contributed by atoms with E-state index in [1.807, 2.05) is 18.2 Å². The molecule has 336 valence electrons. The molecule has 1 aromatic heterocycles. The van der Waals surface area contributed by atoms with E-state index in [1.54, 1.807) is 78.9 Å². The van der Waals surface area contributed by atoms with Crippen molar-refractivity contribution in [1.29, 1.82) is 0 Å². The molecule has 0 unspecified atom stereocenters. The quantitative estimate of drug-likeness (QED) is 0.0396. The van der Waals surface area contributed by atoms with Crippen molar-refractivity contribution in [3.63, 3.8) is 0 Å². The number of carbonyl (C=O) groups is 3. The number of aromatic amines is 1. The van der Waals surface area contributed by atoms with Crippen LogP contribution in [0.5, 0.6) is 11.5 Å². The summed E-state index contributed by atoms with van der Waals surface area (Å²) in [6, 6.07) is 36.2. The fourth-order valence-electron chi connectivity index (χ4n) is 9.23. The van der Waals surface area contributed by atoms with Gasteiger partial charge in [0, 0.05) is 47.2 Å². The van der Waals surface area contributed by atoms with E-state index in [-0.39, 0.29) is 70.7 Å². The Kier molecular flexibility index (Phi) is 13.9. The number of nitrogens with one attached hydrogen (secondary N) is 2. The second-order valence-corrected chi connectivity index (χ2v) is 17.6. The summed E-state index contributed by atoms with van der Waals surface area (Å²) in [5.74, 6) is -1.15. The van der Waals surface area contributed by atoms with Crippen molar-refractivity contribution < 1.29 is 39.5 Å².